The summed E-state index contributed by atoms with van der Waals surface area (Å²) in [7, 11) is 1.58. The van der Waals surface area contributed by atoms with Gasteiger partial charge >= 0.3 is 0 Å². The number of ether oxygens (including phenoxy) is 1. The summed E-state index contributed by atoms with van der Waals surface area (Å²) in [5.41, 5.74) is 0.972. The molecule has 1 aromatic heterocycles. The van der Waals surface area contributed by atoms with Gasteiger partial charge in [0.25, 0.3) is 0 Å². The van der Waals surface area contributed by atoms with Crippen molar-refractivity contribution in [1.29, 1.82) is 0 Å². The van der Waals surface area contributed by atoms with Gasteiger partial charge in [0.15, 0.2) is 0 Å². The molecule has 96 valence electrons. The van der Waals surface area contributed by atoms with Crippen molar-refractivity contribution in [3.63, 3.8) is 0 Å². The molecule has 0 saturated heterocycles. The molecule has 2 aromatic rings. The number of methoxy groups -OCH3 is 1. The average Bonchev–Trinajstić information content (AvgIpc) is 2.88. The van der Waals surface area contributed by atoms with E-state index in [1.165, 1.54) is 0 Å². The first-order chi connectivity index (χ1) is 8.74. The van der Waals surface area contributed by atoms with Gasteiger partial charge in [0.2, 0.25) is 0 Å². The molecular weight excluding hydrogens is 252 g/mol. The van der Waals surface area contributed by atoms with Crippen LogP contribution in [0.5, 0.6) is 5.75 Å². The molecule has 0 aliphatic carbocycles. The van der Waals surface area contributed by atoms with Crippen molar-refractivity contribution in [2.24, 2.45) is 0 Å². The van der Waals surface area contributed by atoms with Gasteiger partial charge in [-0.1, -0.05) is 17.7 Å². The van der Waals surface area contributed by atoms with E-state index < -0.39 is 0 Å². The Balaban J connectivity index is 2.19. The van der Waals surface area contributed by atoms with E-state index in [4.69, 9.17) is 20.8 Å². The largest absolute Gasteiger partial charge is 0.495 e. The highest BCUT2D eigenvalue weighted by Crippen LogP contribution is 2.29. The van der Waals surface area contributed by atoms with Crippen LogP contribution in [-0.2, 0) is 6.42 Å². The van der Waals surface area contributed by atoms with Crippen molar-refractivity contribution >= 4 is 11.6 Å². The lowest BCUT2D eigenvalue weighted by molar-refractivity contribution is 0.259. The van der Waals surface area contributed by atoms with Gasteiger partial charge in [0, 0.05) is 12.3 Å². The Kier molecular flexibility index (Phi) is 4.28. The fourth-order valence-electron chi connectivity index (χ4n) is 1.90. The number of hydrogen-bond acceptors (Lipinski definition) is 3. The Labute approximate surface area is 111 Å². The van der Waals surface area contributed by atoms with Crippen molar-refractivity contribution in [1.82, 2.24) is 0 Å². The van der Waals surface area contributed by atoms with E-state index in [1.807, 2.05) is 30.3 Å². The van der Waals surface area contributed by atoms with E-state index in [0.717, 1.165) is 11.3 Å². The maximum atomic E-state index is 9.48. The predicted octanol–water partition coefficient (Wildman–Crippen LogP) is 3.26. The quantitative estimate of drug-likeness (QED) is 0.903. The first kappa shape index (κ1) is 13.0. The Hall–Kier alpha value is -1.45. The summed E-state index contributed by atoms with van der Waals surface area (Å²) >= 11 is 6.08. The standard InChI is InChI=1S/C14H15ClO3/c1-17-14-5-4-10(8-13(14)15)11(9-16)7-12-3-2-6-18-12/h2-6,8,11,16H,7,9H2,1H3. The van der Waals surface area contributed by atoms with Gasteiger partial charge < -0.3 is 14.3 Å². The van der Waals surface area contributed by atoms with Gasteiger partial charge in [-0.3, -0.25) is 0 Å². The minimum Gasteiger partial charge on any atom is -0.495 e. The lowest BCUT2D eigenvalue weighted by Crippen LogP contribution is -2.07. The molecule has 2 rings (SSSR count). The topological polar surface area (TPSA) is 42.6 Å². The minimum absolute atomic E-state index is 0.0282. The maximum absolute atomic E-state index is 9.48. The Morgan fingerprint density at radius 2 is 2.22 bits per heavy atom. The highest BCUT2D eigenvalue weighted by atomic mass is 35.5. The van der Waals surface area contributed by atoms with Crippen molar-refractivity contribution in [2.75, 3.05) is 13.7 Å². The molecule has 0 saturated carbocycles. The van der Waals surface area contributed by atoms with E-state index in [1.54, 1.807) is 13.4 Å². The molecule has 0 bridgehead atoms. The molecule has 1 N–H and O–H groups in total. The molecule has 0 amide bonds. The van der Waals surface area contributed by atoms with Crippen LogP contribution in [-0.4, -0.2) is 18.8 Å². The molecule has 0 aliphatic heterocycles. The molecule has 1 heterocycles. The molecule has 1 atom stereocenters. The molecule has 1 unspecified atom stereocenters. The van der Waals surface area contributed by atoms with Crippen molar-refractivity contribution in [3.8, 4) is 5.75 Å². The zero-order valence-electron chi connectivity index (χ0n) is 10.1. The zero-order valence-corrected chi connectivity index (χ0v) is 10.9. The molecule has 0 aliphatic rings. The number of aliphatic hydroxyl groups excluding tert-OH is 1. The Morgan fingerprint density at radius 1 is 1.39 bits per heavy atom. The number of rotatable bonds is 5. The second kappa shape index (κ2) is 5.94. The molecule has 18 heavy (non-hydrogen) atoms. The lowest BCUT2D eigenvalue weighted by Gasteiger charge is -2.14. The van der Waals surface area contributed by atoms with Crippen molar-refractivity contribution < 1.29 is 14.3 Å². The van der Waals surface area contributed by atoms with Crippen LogP contribution in [0.2, 0.25) is 5.02 Å². The first-order valence-corrected chi connectivity index (χ1v) is 6.09. The molecular formula is C14H15ClO3. The first-order valence-electron chi connectivity index (χ1n) is 5.71. The smallest absolute Gasteiger partial charge is 0.137 e. The zero-order chi connectivity index (χ0) is 13.0. The van der Waals surface area contributed by atoms with Crippen LogP contribution in [0.1, 0.15) is 17.2 Å². The van der Waals surface area contributed by atoms with Gasteiger partial charge in [0.05, 0.1) is 25.0 Å². The summed E-state index contributed by atoms with van der Waals surface area (Å²) in [5, 5.41) is 10.0. The van der Waals surface area contributed by atoms with Crippen LogP contribution in [0.25, 0.3) is 0 Å². The molecule has 1 aromatic carbocycles. The van der Waals surface area contributed by atoms with Crippen LogP contribution in [0.3, 0.4) is 0 Å². The molecule has 0 fully saturated rings. The second-order valence-electron chi connectivity index (χ2n) is 4.06. The van der Waals surface area contributed by atoms with E-state index in [2.05, 4.69) is 0 Å². The maximum Gasteiger partial charge on any atom is 0.137 e. The summed E-state index contributed by atoms with van der Waals surface area (Å²) in [6.45, 7) is 0.0450. The third kappa shape index (κ3) is 2.86. The monoisotopic (exact) mass is 266 g/mol. The fourth-order valence-corrected chi connectivity index (χ4v) is 2.16. The van der Waals surface area contributed by atoms with E-state index >= 15 is 0 Å². The third-order valence-electron chi connectivity index (χ3n) is 2.90. The highest BCUT2D eigenvalue weighted by Gasteiger charge is 2.14. The highest BCUT2D eigenvalue weighted by molar-refractivity contribution is 6.32. The average molecular weight is 267 g/mol. The SMILES string of the molecule is COc1ccc(C(CO)Cc2ccco2)cc1Cl. The number of aliphatic hydroxyl groups is 1. The summed E-state index contributed by atoms with van der Waals surface area (Å²) in [6, 6.07) is 9.28. The lowest BCUT2D eigenvalue weighted by atomic mass is 9.95. The second-order valence-corrected chi connectivity index (χ2v) is 4.46. The molecule has 0 spiro atoms. The van der Waals surface area contributed by atoms with Crippen LogP contribution in [0, 0.1) is 0 Å². The van der Waals surface area contributed by atoms with E-state index in [0.29, 0.717) is 17.2 Å². The van der Waals surface area contributed by atoms with Crippen molar-refractivity contribution in [2.45, 2.75) is 12.3 Å². The van der Waals surface area contributed by atoms with Gasteiger partial charge in [-0.2, -0.15) is 0 Å². The van der Waals surface area contributed by atoms with Crippen molar-refractivity contribution in [3.05, 3.63) is 52.9 Å². The summed E-state index contributed by atoms with van der Waals surface area (Å²) < 4.78 is 10.4. The fraction of sp³-hybridized carbons (Fsp3) is 0.286. The van der Waals surface area contributed by atoms with Gasteiger partial charge in [-0.25, -0.2) is 0 Å². The van der Waals surface area contributed by atoms with E-state index in [-0.39, 0.29) is 12.5 Å². The minimum atomic E-state index is -0.0282. The number of furan rings is 1. The predicted molar refractivity (Wildman–Crippen MR) is 70.2 cm³/mol. The summed E-state index contributed by atoms with van der Waals surface area (Å²) in [6.07, 6.45) is 2.27. The van der Waals surface area contributed by atoms with Gasteiger partial charge in [-0.15, -0.1) is 0 Å². The van der Waals surface area contributed by atoms with Gasteiger partial charge in [0.1, 0.15) is 11.5 Å². The summed E-state index contributed by atoms with van der Waals surface area (Å²) in [4.78, 5) is 0. The number of hydrogen-bond donors (Lipinski definition) is 1. The normalized spacial score (nSPS) is 12.4. The van der Waals surface area contributed by atoms with E-state index in [9.17, 15) is 5.11 Å². The third-order valence-corrected chi connectivity index (χ3v) is 3.19. The Bertz CT molecular complexity index is 494. The number of halogens is 1. The van der Waals surface area contributed by atoms with Crippen LogP contribution in [0.15, 0.2) is 41.0 Å². The molecule has 0 radical (unpaired) electrons. The van der Waals surface area contributed by atoms with Gasteiger partial charge in [-0.05, 0) is 29.8 Å². The van der Waals surface area contributed by atoms with Crippen LogP contribution >= 0.6 is 11.6 Å². The molecule has 3 nitrogen and oxygen atoms in total. The van der Waals surface area contributed by atoms with Crippen LogP contribution in [0.4, 0.5) is 0 Å². The Morgan fingerprint density at radius 3 is 2.78 bits per heavy atom. The van der Waals surface area contributed by atoms with Crippen LogP contribution < -0.4 is 4.74 Å². The molecule has 4 heteroatoms. The summed E-state index contributed by atoms with van der Waals surface area (Å²) in [5.74, 6) is 1.45. The number of benzene rings is 1.